The predicted molar refractivity (Wildman–Crippen MR) is 67.8 cm³/mol. The Hall–Kier alpha value is -1.62. The minimum absolute atomic E-state index is 0.0274. The smallest absolute Gasteiger partial charge is 0.315 e. The van der Waals surface area contributed by atoms with Crippen LogP contribution in [0, 0.1) is 5.92 Å². The molecule has 5 nitrogen and oxygen atoms in total. The molecule has 1 aromatic rings. The van der Waals surface area contributed by atoms with Crippen molar-refractivity contribution in [3.8, 4) is 0 Å². The summed E-state index contributed by atoms with van der Waals surface area (Å²) in [5.41, 5.74) is 0.500. The van der Waals surface area contributed by atoms with Crippen LogP contribution in [0.3, 0.4) is 0 Å². The number of aromatic nitrogens is 1. The number of hydrogen-bond acceptors (Lipinski definition) is 3. The average Bonchev–Trinajstić information content (AvgIpc) is 3.22. The summed E-state index contributed by atoms with van der Waals surface area (Å²) < 4.78 is 0. The quantitative estimate of drug-likeness (QED) is 0.730. The zero-order chi connectivity index (χ0) is 13.0. The molecule has 0 aliphatic heterocycles. The van der Waals surface area contributed by atoms with Crippen LogP contribution >= 0.6 is 0 Å². The van der Waals surface area contributed by atoms with Crippen LogP contribution in [0.4, 0.5) is 4.79 Å². The molecule has 0 unspecified atom stereocenters. The Morgan fingerprint density at radius 2 is 2.17 bits per heavy atom. The molecule has 1 aliphatic carbocycles. The first kappa shape index (κ1) is 12.8. The molecule has 0 saturated heterocycles. The average molecular weight is 249 g/mol. The fraction of sp³-hybridized carbons (Fsp3) is 0.538. The van der Waals surface area contributed by atoms with Crippen LogP contribution in [-0.2, 0) is 6.54 Å². The Balaban J connectivity index is 1.81. The maximum Gasteiger partial charge on any atom is 0.315 e. The van der Waals surface area contributed by atoms with Crippen LogP contribution < -0.4 is 10.6 Å². The van der Waals surface area contributed by atoms with Gasteiger partial charge in [0.05, 0.1) is 12.1 Å². The SMILES string of the molecule is C[C@](CO)(NC(=O)NCc1ccncc1)C1CC1. The van der Waals surface area contributed by atoms with Gasteiger partial charge in [-0.1, -0.05) is 0 Å². The zero-order valence-corrected chi connectivity index (χ0v) is 10.5. The fourth-order valence-electron chi connectivity index (χ4n) is 1.98. The molecule has 0 bridgehead atoms. The van der Waals surface area contributed by atoms with E-state index < -0.39 is 5.54 Å². The van der Waals surface area contributed by atoms with Gasteiger partial charge >= 0.3 is 6.03 Å². The number of rotatable bonds is 5. The number of nitrogens with zero attached hydrogens (tertiary/aromatic N) is 1. The predicted octanol–water partition coefficient (Wildman–Crippen LogP) is 1.04. The summed E-state index contributed by atoms with van der Waals surface area (Å²) in [6.07, 6.45) is 5.53. The lowest BCUT2D eigenvalue weighted by molar-refractivity contribution is 0.155. The molecule has 18 heavy (non-hydrogen) atoms. The second kappa shape index (κ2) is 5.35. The largest absolute Gasteiger partial charge is 0.394 e. The van der Waals surface area contributed by atoms with Crippen LogP contribution in [0.15, 0.2) is 24.5 Å². The number of nitrogens with one attached hydrogen (secondary N) is 2. The third-order valence-corrected chi connectivity index (χ3v) is 3.41. The van der Waals surface area contributed by atoms with E-state index in [4.69, 9.17) is 0 Å². The van der Waals surface area contributed by atoms with Gasteiger partial charge in [0.2, 0.25) is 0 Å². The fourth-order valence-corrected chi connectivity index (χ4v) is 1.98. The lowest BCUT2D eigenvalue weighted by Gasteiger charge is -2.28. The molecule has 1 fully saturated rings. The Labute approximate surface area is 107 Å². The summed E-state index contributed by atoms with van der Waals surface area (Å²) >= 11 is 0. The number of hydrogen-bond donors (Lipinski definition) is 3. The monoisotopic (exact) mass is 249 g/mol. The van der Waals surface area contributed by atoms with Crippen LogP contribution in [0.1, 0.15) is 25.3 Å². The van der Waals surface area contributed by atoms with E-state index in [1.54, 1.807) is 12.4 Å². The van der Waals surface area contributed by atoms with Gasteiger partial charge in [0, 0.05) is 18.9 Å². The number of carbonyl (C=O) groups excluding carboxylic acids is 1. The lowest BCUT2D eigenvalue weighted by Crippen LogP contribution is -2.53. The third-order valence-electron chi connectivity index (χ3n) is 3.41. The van der Waals surface area contributed by atoms with E-state index in [2.05, 4.69) is 15.6 Å². The van der Waals surface area contributed by atoms with E-state index in [0.29, 0.717) is 12.5 Å². The van der Waals surface area contributed by atoms with Crippen molar-refractivity contribution in [2.24, 2.45) is 5.92 Å². The van der Waals surface area contributed by atoms with Crippen molar-refractivity contribution in [2.75, 3.05) is 6.61 Å². The third kappa shape index (κ3) is 3.20. The van der Waals surface area contributed by atoms with E-state index in [1.165, 1.54) is 0 Å². The molecular formula is C13H19N3O2. The highest BCUT2D eigenvalue weighted by molar-refractivity contribution is 5.74. The van der Waals surface area contributed by atoms with E-state index in [-0.39, 0.29) is 12.6 Å². The molecule has 0 radical (unpaired) electrons. The normalized spacial score (nSPS) is 17.9. The van der Waals surface area contributed by atoms with Crippen molar-refractivity contribution in [2.45, 2.75) is 31.8 Å². The van der Waals surface area contributed by atoms with Crippen LogP contribution in [-0.4, -0.2) is 28.3 Å². The minimum atomic E-state index is -0.498. The standard InChI is InChI=1S/C13H19N3O2/c1-13(9-17,11-2-3-11)16-12(18)15-8-10-4-6-14-7-5-10/h4-7,11,17H,2-3,8-9H2,1H3,(H2,15,16,18)/t13-/m1/s1. The first-order valence-corrected chi connectivity index (χ1v) is 6.20. The number of aliphatic hydroxyl groups is 1. The summed E-state index contributed by atoms with van der Waals surface area (Å²) in [6, 6.07) is 3.47. The Kier molecular flexibility index (Phi) is 3.81. The maximum absolute atomic E-state index is 11.8. The summed E-state index contributed by atoms with van der Waals surface area (Å²) in [5, 5.41) is 15.0. The van der Waals surface area contributed by atoms with Gasteiger partial charge in [-0.2, -0.15) is 0 Å². The molecule has 2 rings (SSSR count). The molecule has 1 saturated carbocycles. The van der Waals surface area contributed by atoms with Crippen molar-refractivity contribution < 1.29 is 9.90 Å². The van der Waals surface area contributed by atoms with Gasteiger partial charge in [-0.05, 0) is 43.4 Å². The highest BCUT2D eigenvalue weighted by atomic mass is 16.3. The number of amides is 2. The Morgan fingerprint density at radius 1 is 1.50 bits per heavy atom. The van der Waals surface area contributed by atoms with Gasteiger partial charge in [-0.25, -0.2) is 4.79 Å². The first-order valence-electron chi connectivity index (χ1n) is 6.20. The lowest BCUT2D eigenvalue weighted by atomic mass is 9.97. The van der Waals surface area contributed by atoms with Gasteiger partial charge in [-0.3, -0.25) is 4.98 Å². The second-order valence-corrected chi connectivity index (χ2v) is 5.01. The molecule has 98 valence electrons. The molecule has 1 heterocycles. The number of pyridine rings is 1. The van der Waals surface area contributed by atoms with Gasteiger partial charge in [0.15, 0.2) is 0 Å². The van der Waals surface area contributed by atoms with Crippen molar-refractivity contribution in [1.82, 2.24) is 15.6 Å². The molecule has 1 aromatic heterocycles. The van der Waals surface area contributed by atoms with Gasteiger partial charge in [0.1, 0.15) is 0 Å². The van der Waals surface area contributed by atoms with Crippen LogP contribution in [0.25, 0.3) is 0 Å². The molecule has 3 N–H and O–H groups in total. The maximum atomic E-state index is 11.8. The number of aliphatic hydroxyl groups excluding tert-OH is 1. The molecule has 1 atom stereocenters. The highest BCUT2D eigenvalue weighted by Crippen LogP contribution is 2.39. The van der Waals surface area contributed by atoms with Gasteiger partial charge in [0.25, 0.3) is 0 Å². The topological polar surface area (TPSA) is 74.2 Å². The Morgan fingerprint density at radius 3 is 2.72 bits per heavy atom. The number of carbonyl (C=O) groups is 1. The first-order chi connectivity index (χ1) is 8.64. The van der Waals surface area contributed by atoms with E-state index >= 15 is 0 Å². The summed E-state index contributed by atoms with van der Waals surface area (Å²) in [6.45, 7) is 2.32. The molecular weight excluding hydrogens is 230 g/mol. The van der Waals surface area contributed by atoms with E-state index in [1.807, 2.05) is 19.1 Å². The van der Waals surface area contributed by atoms with Crippen molar-refractivity contribution in [3.63, 3.8) is 0 Å². The van der Waals surface area contributed by atoms with Gasteiger partial charge in [-0.15, -0.1) is 0 Å². The Bertz CT molecular complexity index is 406. The minimum Gasteiger partial charge on any atom is -0.394 e. The van der Waals surface area contributed by atoms with Crippen molar-refractivity contribution in [1.29, 1.82) is 0 Å². The summed E-state index contributed by atoms with van der Waals surface area (Å²) in [5.74, 6) is 0.397. The number of urea groups is 1. The second-order valence-electron chi connectivity index (χ2n) is 5.01. The molecule has 5 heteroatoms. The molecule has 0 aromatic carbocycles. The summed E-state index contributed by atoms with van der Waals surface area (Å²) in [4.78, 5) is 15.7. The highest BCUT2D eigenvalue weighted by Gasteiger charge is 2.42. The van der Waals surface area contributed by atoms with Crippen molar-refractivity contribution in [3.05, 3.63) is 30.1 Å². The van der Waals surface area contributed by atoms with E-state index in [0.717, 1.165) is 18.4 Å². The van der Waals surface area contributed by atoms with Gasteiger partial charge < -0.3 is 15.7 Å². The van der Waals surface area contributed by atoms with Crippen LogP contribution in [0.5, 0.6) is 0 Å². The van der Waals surface area contributed by atoms with Crippen LogP contribution in [0.2, 0.25) is 0 Å². The molecule has 2 amide bonds. The summed E-state index contributed by atoms with van der Waals surface area (Å²) in [7, 11) is 0. The molecule has 0 spiro atoms. The molecule has 1 aliphatic rings. The zero-order valence-electron chi connectivity index (χ0n) is 10.5. The van der Waals surface area contributed by atoms with E-state index in [9.17, 15) is 9.90 Å². The van der Waals surface area contributed by atoms with Crippen molar-refractivity contribution >= 4 is 6.03 Å².